The Morgan fingerprint density at radius 3 is 2.90 bits per heavy atom. The van der Waals surface area contributed by atoms with Crippen LogP contribution in [0.5, 0.6) is 11.5 Å². The van der Waals surface area contributed by atoms with Gasteiger partial charge in [-0.25, -0.2) is 0 Å². The van der Waals surface area contributed by atoms with Crippen molar-refractivity contribution >= 4 is 11.6 Å². The lowest BCUT2D eigenvalue weighted by Crippen LogP contribution is -2.19. The highest BCUT2D eigenvalue weighted by Gasteiger charge is 2.09. The Balaban J connectivity index is 1.89. The Morgan fingerprint density at radius 2 is 2.25 bits per heavy atom. The van der Waals surface area contributed by atoms with Gasteiger partial charge in [-0.2, -0.15) is 5.10 Å². The van der Waals surface area contributed by atoms with Crippen LogP contribution in [-0.2, 0) is 13.1 Å². The van der Waals surface area contributed by atoms with Crippen molar-refractivity contribution in [2.24, 2.45) is 0 Å². The van der Waals surface area contributed by atoms with Gasteiger partial charge >= 0.3 is 0 Å². The lowest BCUT2D eigenvalue weighted by atomic mass is 10.2. The van der Waals surface area contributed by atoms with Crippen molar-refractivity contribution in [3.63, 3.8) is 0 Å². The highest BCUT2D eigenvalue weighted by Crippen LogP contribution is 2.33. The third-order valence-corrected chi connectivity index (χ3v) is 3.15. The average Bonchev–Trinajstić information content (AvgIpc) is 2.83. The van der Waals surface area contributed by atoms with Crippen molar-refractivity contribution in [1.82, 2.24) is 15.1 Å². The van der Waals surface area contributed by atoms with E-state index in [-0.39, 0.29) is 5.75 Å². The zero-order chi connectivity index (χ0) is 14.5. The minimum Gasteiger partial charge on any atom is -0.504 e. The van der Waals surface area contributed by atoms with E-state index in [0.717, 1.165) is 18.7 Å². The summed E-state index contributed by atoms with van der Waals surface area (Å²) in [5, 5.41) is 18.0. The van der Waals surface area contributed by atoms with Crippen molar-refractivity contribution in [1.29, 1.82) is 0 Å². The third-order valence-electron chi connectivity index (χ3n) is 2.93. The zero-order valence-electron chi connectivity index (χ0n) is 11.6. The average molecular weight is 296 g/mol. The van der Waals surface area contributed by atoms with E-state index >= 15 is 0 Å². The Kier molecular flexibility index (Phi) is 4.87. The molecule has 0 saturated carbocycles. The summed E-state index contributed by atoms with van der Waals surface area (Å²) in [5.74, 6) is 0.510. The van der Waals surface area contributed by atoms with Crippen LogP contribution in [0.2, 0.25) is 5.02 Å². The first-order valence-electron chi connectivity index (χ1n) is 6.35. The van der Waals surface area contributed by atoms with Crippen LogP contribution in [0.15, 0.2) is 24.5 Å². The van der Waals surface area contributed by atoms with Crippen LogP contribution in [0, 0.1) is 6.92 Å². The second-order valence-electron chi connectivity index (χ2n) is 4.57. The van der Waals surface area contributed by atoms with E-state index in [1.165, 1.54) is 7.11 Å². The number of rotatable bonds is 6. The standard InChI is InChI=1S/C14H18ClN3O2/c1-10-7-17-18(9-10)4-3-16-8-11-5-12(15)6-13(20-2)14(11)19/h5-7,9,16,19H,3-4,8H2,1-2H3. The second kappa shape index (κ2) is 6.63. The number of halogens is 1. The lowest BCUT2D eigenvalue weighted by Gasteiger charge is -2.11. The molecule has 1 aromatic carbocycles. The predicted molar refractivity (Wildman–Crippen MR) is 78.3 cm³/mol. The number of nitrogens with zero attached hydrogens (tertiary/aromatic N) is 2. The van der Waals surface area contributed by atoms with Gasteiger partial charge in [-0.3, -0.25) is 4.68 Å². The number of ether oxygens (including phenoxy) is 1. The normalized spacial score (nSPS) is 10.8. The van der Waals surface area contributed by atoms with E-state index in [4.69, 9.17) is 16.3 Å². The molecule has 0 aliphatic heterocycles. The summed E-state index contributed by atoms with van der Waals surface area (Å²) >= 11 is 5.98. The summed E-state index contributed by atoms with van der Waals surface area (Å²) in [7, 11) is 1.50. The van der Waals surface area contributed by atoms with Gasteiger partial charge in [0.05, 0.1) is 19.9 Å². The van der Waals surface area contributed by atoms with E-state index in [1.54, 1.807) is 12.1 Å². The molecular weight excluding hydrogens is 278 g/mol. The molecule has 20 heavy (non-hydrogen) atoms. The first kappa shape index (κ1) is 14.7. The fraction of sp³-hybridized carbons (Fsp3) is 0.357. The SMILES string of the molecule is COc1cc(Cl)cc(CNCCn2cc(C)cn2)c1O. The molecule has 0 saturated heterocycles. The molecule has 0 aliphatic carbocycles. The zero-order valence-corrected chi connectivity index (χ0v) is 12.3. The summed E-state index contributed by atoms with van der Waals surface area (Å²) in [6.45, 7) is 4.04. The predicted octanol–water partition coefficient (Wildman–Crippen LogP) is 2.35. The van der Waals surface area contributed by atoms with E-state index < -0.39 is 0 Å². The van der Waals surface area contributed by atoms with E-state index in [2.05, 4.69) is 10.4 Å². The molecule has 0 amide bonds. The van der Waals surface area contributed by atoms with Gasteiger partial charge in [0.1, 0.15) is 0 Å². The number of nitrogens with one attached hydrogen (secondary N) is 1. The Morgan fingerprint density at radius 1 is 1.45 bits per heavy atom. The summed E-state index contributed by atoms with van der Waals surface area (Å²) in [6.07, 6.45) is 3.81. The molecule has 108 valence electrons. The van der Waals surface area contributed by atoms with Crippen molar-refractivity contribution in [2.75, 3.05) is 13.7 Å². The fourth-order valence-corrected chi connectivity index (χ4v) is 2.16. The minimum absolute atomic E-state index is 0.124. The van der Waals surface area contributed by atoms with Crippen LogP contribution < -0.4 is 10.1 Å². The van der Waals surface area contributed by atoms with Crippen LogP contribution in [0.25, 0.3) is 0 Å². The number of phenols is 1. The molecule has 0 atom stereocenters. The number of methoxy groups -OCH3 is 1. The Hall–Kier alpha value is -1.72. The minimum atomic E-state index is 0.124. The van der Waals surface area contributed by atoms with E-state index in [0.29, 0.717) is 22.9 Å². The molecule has 0 fully saturated rings. The van der Waals surface area contributed by atoms with E-state index in [1.807, 2.05) is 24.0 Å². The van der Waals surface area contributed by atoms with Crippen molar-refractivity contribution in [2.45, 2.75) is 20.0 Å². The smallest absolute Gasteiger partial charge is 0.162 e. The highest BCUT2D eigenvalue weighted by atomic mass is 35.5. The lowest BCUT2D eigenvalue weighted by molar-refractivity contribution is 0.369. The molecule has 2 aromatic rings. The number of phenolic OH excluding ortho intramolecular Hbond substituents is 1. The van der Waals surface area contributed by atoms with Crippen LogP contribution in [0.3, 0.4) is 0 Å². The van der Waals surface area contributed by atoms with Gasteiger partial charge in [-0.1, -0.05) is 11.6 Å². The molecule has 0 bridgehead atoms. The molecule has 0 aliphatic rings. The summed E-state index contributed by atoms with van der Waals surface area (Å²) in [5.41, 5.74) is 1.85. The van der Waals surface area contributed by atoms with E-state index in [9.17, 15) is 5.11 Å². The molecule has 0 unspecified atom stereocenters. The summed E-state index contributed by atoms with van der Waals surface area (Å²) < 4.78 is 6.94. The van der Waals surface area contributed by atoms with Crippen molar-refractivity contribution < 1.29 is 9.84 Å². The number of benzene rings is 1. The van der Waals surface area contributed by atoms with Crippen LogP contribution in [-0.4, -0.2) is 28.5 Å². The largest absolute Gasteiger partial charge is 0.504 e. The topological polar surface area (TPSA) is 59.3 Å². The molecule has 5 nitrogen and oxygen atoms in total. The highest BCUT2D eigenvalue weighted by molar-refractivity contribution is 6.30. The van der Waals surface area contributed by atoms with Gasteiger partial charge in [0.2, 0.25) is 0 Å². The molecule has 2 N–H and O–H groups in total. The molecule has 0 radical (unpaired) electrons. The fourth-order valence-electron chi connectivity index (χ4n) is 1.92. The molecule has 0 spiro atoms. The maximum Gasteiger partial charge on any atom is 0.162 e. The summed E-state index contributed by atoms with van der Waals surface area (Å²) in [4.78, 5) is 0. The monoisotopic (exact) mass is 295 g/mol. The van der Waals surface area contributed by atoms with Crippen molar-refractivity contribution in [3.05, 3.63) is 40.7 Å². The number of aryl methyl sites for hydroxylation is 1. The molecule has 6 heteroatoms. The van der Waals surface area contributed by atoms with Gasteiger partial charge in [-0.05, 0) is 18.6 Å². The van der Waals surface area contributed by atoms with Gasteiger partial charge < -0.3 is 15.2 Å². The van der Waals surface area contributed by atoms with Gasteiger partial charge in [0.15, 0.2) is 11.5 Å². The number of aromatic hydroxyl groups is 1. The number of hydrogen-bond acceptors (Lipinski definition) is 4. The quantitative estimate of drug-likeness (QED) is 0.803. The third kappa shape index (κ3) is 3.65. The van der Waals surface area contributed by atoms with Crippen LogP contribution in [0.1, 0.15) is 11.1 Å². The molecule has 1 heterocycles. The second-order valence-corrected chi connectivity index (χ2v) is 5.01. The van der Waals surface area contributed by atoms with Gasteiger partial charge in [-0.15, -0.1) is 0 Å². The summed E-state index contributed by atoms with van der Waals surface area (Å²) in [6, 6.07) is 3.32. The van der Waals surface area contributed by atoms with Crippen molar-refractivity contribution in [3.8, 4) is 11.5 Å². The maximum atomic E-state index is 9.99. The van der Waals surface area contributed by atoms with Crippen LogP contribution >= 0.6 is 11.6 Å². The molecular formula is C14H18ClN3O2. The Bertz CT molecular complexity index is 584. The first-order valence-corrected chi connectivity index (χ1v) is 6.73. The molecule has 2 rings (SSSR count). The molecule has 1 aromatic heterocycles. The maximum absolute atomic E-state index is 9.99. The number of aromatic nitrogens is 2. The van der Waals surface area contributed by atoms with Gasteiger partial charge in [0, 0.05) is 35.9 Å². The first-order chi connectivity index (χ1) is 9.60. The van der Waals surface area contributed by atoms with Gasteiger partial charge in [0.25, 0.3) is 0 Å². The number of hydrogen-bond donors (Lipinski definition) is 2. The van der Waals surface area contributed by atoms with Crippen LogP contribution in [0.4, 0.5) is 0 Å². The Labute approximate surface area is 123 Å².